The zero-order chi connectivity index (χ0) is 16.0. The topological polar surface area (TPSA) is 99.1 Å². The Kier molecular flexibility index (Phi) is 9.13. The number of amides is 3. The summed E-state index contributed by atoms with van der Waals surface area (Å²) in [6.07, 6.45) is 0. The van der Waals surface area contributed by atoms with Gasteiger partial charge < -0.3 is 21.2 Å². The molecule has 3 amide bonds. The SMILES string of the molecule is CC(C)[C@H](NC(=O)c1ccccc1)C(=O)N[C@@H](C)C([NH-])=O.[Y]. The van der Waals surface area contributed by atoms with Crippen molar-refractivity contribution in [1.82, 2.24) is 10.6 Å². The molecule has 1 rings (SSSR count). The minimum atomic E-state index is -0.896. The van der Waals surface area contributed by atoms with Crippen LogP contribution in [0.25, 0.3) is 5.73 Å². The summed E-state index contributed by atoms with van der Waals surface area (Å²) < 4.78 is 0. The van der Waals surface area contributed by atoms with E-state index in [2.05, 4.69) is 10.6 Å². The second kappa shape index (κ2) is 9.69. The standard InChI is InChI=1S/C15H21N3O3.Y/c1-9(2)12(15(21)17-10(3)13(16)19)18-14(20)11-7-5-4-6-8-11;/h4-10,12H,1-3H3,(H4,16,17,18,19,20,21);/p-1/t10-,12-;/m0./s1. The molecule has 0 spiro atoms. The van der Waals surface area contributed by atoms with E-state index in [0.717, 1.165) is 0 Å². The Morgan fingerprint density at radius 1 is 1.00 bits per heavy atom. The van der Waals surface area contributed by atoms with Crippen LogP contribution in [0.1, 0.15) is 31.1 Å². The molecule has 0 unspecified atom stereocenters. The maximum absolute atomic E-state index is 12.1. The monoisotopic (exact) mass is 379 g/mol. The van der Waals surface area contributed by atoms with Crippen molar-refractivity contribution in [2.24, 2.45) is 5.92 Å². The Morgan fingerprint density at radius 3 is 2.00 bits per heavy atom. The van der Waals surface area contributed by atoms with E-state index in [4.69, 9.17) is 5.73 Å². The summed E-state index contributed by atoms with van der Waals surface area (Å²) in [6, 6.07) is 6.92. The third-order valence-corrected chi connectivity index (χ3v) is 3.02. The first-order valence-electron chi connectivity index (χ1n) is 6.74. The smallest absolute Gasteiger partial charge is 0.251 e. The van der Waals surface area contributed by atoms with Gasteiger partial charge in [0.1, 0.15) is 6.04 Å². The van der Waals surface area contributed by atoms with Crippen molar-refractivity contribution in [2.45, 2.75) is 32.9 Å². The molecule has 0 aromatic heterocycles. The Labute approximate surface area is 155 Å². The van der Waals surface area contributed by atoms with E-state index in [-0.39, 0.29) is 44.5 Å². The maximum atomic E-state index is 12.1. The largest absolute Gasteiger partial charge is 0.666 e. The molecule has 0 aliphatic heterocycles. The van der Waals surface area contributed by atoms with Crippen LogP contribution in [0.2, 0.25) is 0 Å². The average molecular weight is 379 g/mol. The number of carbonyl (C=O) groups is 3. The summed E-state index contributed by atoms with van der Waals surface area (Å²) in [7, 11) is 0. The van der Waals surface area contributed by atoms with Crippen LogP contribution in [0.15, 0.2) is 30.3 Å². The third kappa shape index (κ3) is 6.24. The summed E-state index contributed by atoms with van der Waals surface area (Å²) in [5.41, 5.74) is 7.42. The number of rotatable bonds is 6. The van der Waals surface area contributed by atoms with Crippen molar-refractivity contribution in [1.29, 1.82) is 0 Å². The van der Waals surface area contributed by atoms with Crippen molar-refractivity contribution in [3.05, 3.63) is 41.6 Å². The molecule has 3 N–H and O–H groups in total. The van der Waals surface area contributed by atoms with E-state index < -0.39 is 23.9 Å². The van der Waals surface area contributed by atoms with Crippen LogP contribution >= 0.6 is 0 Å². The van der Waals surface area contributed by atoms with Crippen molar-refractivity contribution < 1.29 is 47.1 Å². The summed E-state index contributed by atoms with van der Waals surface area (Å²) in [5.74, 6) is -1.84. The molecular formula is C15H20N3O3Y-. The maximum Gasteiger partial charge on any atom is 0.251 e. The molecule has 1 aromatic carbocycles. The molecular weight excluding hydrogens is 359 g/mol. The molecule has 117 valence electrons. The van der Waals surface area contributed by atoms with Gasteiger partial charge in [-0.1, -0.05) is 32.0 Å². The fourth-order valence-corrected chi connectivity index (χ4v) is 1.72. The van der Waals surface area contributed by atoms with Gasteiger partial charge >= 0.3 is 0 Å². The number of hydrogen-bond acceptors (Lipinski definition) is 3. The van der Waals surface area contributed by atoms with Crippen LogP contribution in [0.5, 0.6) is 0 Å². The number of nitrogens with one attached hydrogen (secondary N) is 3. The van der Waals surface area contributed by atoms with Gasteiger partial charge in [-0.3, -0.25) is 9.59 Å². The van der Waals surface area contributed by atoms with Crippen LogP contribution in [-0.2, 0) is 42.3 Å². The van der Waals surface area contributed by atoms with Gasteiger partial charge in [0.2, 0.25) is 5.91 Å². The summed E-state index contributed by atoms with van der Waals surface area (Å²) >= 11 is 0. The fraction of sp³-hybridized carbons (Fsp3) is 0.400. The van der Waals surface area contributed by atoms with E-state index in [1.807, 2.05) is 0 Å². The summed E-state index contributed by atoms with van der Waals surface area (Å²) in [6.45, 7) is 5.02. The first-order chi connectivity index (χ1) is 9.82. The quantitative estimate of drug-likeness (QED) is 0.784. The van der Waals surface area contributed by atoms with E-state index in [0.29, 0.717) is 5.56 Å². The van der Waals surface area contributed by atoms with Crippen molar-refractivity contribution in [2.75, 3.05) is 0 Å². The van der Waals surface area contributed by atoms with Gasteiger partial charge in [-0.05, 0) is 25.0 Å². The molecule has 0 saturated carbocycles. The predicted octanol–water partition coefficient (Wildman–Crippen LogP) is 1.52. The number of benzene rings is 1. The molecule has 0 aliphatic carbocycles. The molecule has 0 bridgehead atoms. The van der Waals surface area contributed by atoms with Gasteiger partial charge in [-0.2, -0.15) is 0 Å². The van der Waals surface area contributed by atoms with Crippen LogP contribution in [0.3, 0.4) is 0 Å². The minimum Gasteiger partial charge on any atom is -0.666 e. The Balaban J connectivity index is 0.00000441. The molecule has 0 fully saturated rings. The predicted molar refractivity (Wildman–Crippen MR) is 79.5 cm³/mol. The zero-order valence-electron chi connectivity index (χ0n) is 12.9. The first-order valence-corrected chi connectivity index (χ1v) is 6.74. The molecule has 1 radical (unpaired) electrons. The van der Waals surface area contributed by atoms with E-state index >= 15 is 0 Å². The van der Waals surface area contributed by atoms with Gasteiger partial charge in [0, 0.05) is 38.3 Å². The van der Waals surface area contributed by atoms with Gasteiger partial charge in [-0.25, -0.2) is 0 Å². The molecule has 0 aliphatic rings. The summed E-state index contributed by atoms with van der Waals surface area (Å²) in [5, 5.41) is 5.08. The zero-order valence-corrected chi connectivity index (χ0v) is 15.8. The molecule has 1 aromatic rings. The number of hydrogen-bond donors (Lipinski definition) is 2. The minimum absolute atomic E-state index is 0. The van der Waals surface area contributed by atoms with Crippen LogP contribution < -0.4 is 10.6 Å². The van der Waals surface area contributed by atoms with Crippen LogP contribution in [0, 0.1) is 5.92 Å². The average Bonchev–Trinajstić information content (AvgIpc) is 2.44. The van der Waals surface area contributed by atoms with Crippen LogP contribution in [-0.4, -0.2) is 29.8 Å². The summed E-state index contributed by atoms with van der Waals surface area (Å²) in [4.78, 5) is 35.1. The molecule has 0 saturated heterocycles. The van der Waals surface area contributed by atoms with E-state index in [1.165, 1.54) is 6.92 Å². The third-order valence-electron chi connectivity index (χ3n) is 3.02. The molecule has 2 atom stereocenters. The fourth-order valence-electron chi connectivity index (χ4n) is 1.72. The molecule has 7 heteroatoms. The second-order valence-corrected chi connectivity index (χ2v) is 5.16. The Bertz CT molecular complexity index is 520. The van der Waals surface area contributed by atoms with Gasteiger partial charge in [-0.15, -0.1) is 0 Å². The van der Waals surface area contributed by atoms with Crippen molar-refractivity contribution >= 4 is 17.7 Å². The first kappa shape index (κ1) is 20.7. The molecule has 22 heavy (non-hydrogen) atoms. The normalized spacial score (nSPS) is 12.7. The van der Waals surface area contributed by atoms with E-state index in [1.54, 1.807) is 44.2 Å². The van der Waals surface area contributed by atoms with Crippen molar-refractivity contribution in [3.63, 3.8) is 0 Å². The number of carbonyl (C=O) groups excluding carboxylic acids is 3. The Morgan fingerprint density at radius 2 is 1.55 bits per heavy atom. The van der Waals surface area contributed by atoms with Crippen LogP contribution in [0.4, 0.5) is 0 Å². The van der Waals surface area contributed by atoms with Gasteiger partial charge in [0.05, 0.1) is 11.9 Å². The second-order valence-electron chi connectivity index (χ2n) is 5.16. The van der Waals surface area contributed by atoms with Crippen molar-refractivity contribution in [3.8, 4) is 0 Å². The van der Waals surface area contributed by atoms with Gasteiger partial charge in [0.25, 0.3) is 5.91 Å². The molecule has 6 nitrogen and oxygen atoms in total. The Hall–Kier alpha value is -1.27. The molecule has 0 heterocycles. The van der Waals surface area contributed by atoms with Gasteiger partial charge in [0.15, 0.2) is 0 Å². The van der Waals surface area contributed by atoms with E-state index in [9.17, 15) is 14.4 Å².